The maximum absolute atomic E-state index is 12.5. The third-order valence-electron chi connectivity index (χ3n) is 6.70. The molecule has 2 saturated carbocycles. The van der Waals surface area contributed by atoms with Crippen molar-refractivity contribution in [2.75, 3.05) is 0 Å². The standard InChI is InChI=1S/C25H25NO6/c27-22(28)21-20-14-19(13-18(20)12-11-16-7-3-1-4-8-16)25(21,23(29)30)26-24(31)32-15-17-9-5-2-6-10-17/h1-12,18-21H,13-15H2,(H,26,31)(H,27,28)(H,29,30)/b12-11+/t18-,19-,20-,21-,25-/m0/s1. The molecule has 7 nitrogen and oxygen atoms in total. The van der Waals surface area contributed by atoms with Gasteiger partial charge in [0.2, 0.25) is 0 Å². The molecule has 2 bridgehead atoms. The van der Waals surface area contributed by atoms with Crippen LogP contribution >= 0.6 is 0 Å². The summed E-state index contributed by atoms with van der Waals surface area (Å²) in [5.74, 6) is -4.76. The van der Waals surface area contributed by atoms with E-state index in [1.165, 1.54) is 0 Å². The minimum Gasteiger partial charge on any atom is -0.481 e. The second kappa shape index (κ2) is 8.86. The van der Waals surface area contributed by atoms with E-state index in [9.17, 15) is 24.6 Å². The van der Waals surface area contributed by atoms with E-state index in [0.717, 1.165) is 11.1 Å². The summed E-state index contributed by atoms with van der Waals surface area (Å²) >= 11 is 0. The van der Waals surface area contributed by atoms with E-state index in [4.69, 9.17) is 4.74 Å². The summed E-state index contributed by atoms with van der Waals surface area (Å²) in [5.41, 5.74) is -0.142. The maximum Gasteiger partial charge on any atom is 0.408 e. The third-order valence-corrected chi connectivity index (χ3v) is 6.70. The highest BCUT2D eigenvalue weighted by Crippen LogP contribution is 2.58. The Labute approximate surface area is 185 Å². The van der Waals surface area contributed by atoms with Gasteiger partial charge in [-0.2, -0.15) is 0 Å². The van der Waals surface area contributed by atoms with Crippen LogP contribution in [0.5, 0.6) is 0 Å². The van der Waals surface area contributed by atoms with E-state index in [2.05, 4.69) is 5.32 Å². The highest BCUT2D eigenvalue weighted by atomic mass is 16.5. The van der Waals surface area contributed by atoms with Gasteiger partial charge in [0.1, 0.15) is 6.61 Å². The first kappa shape index (κ1) is 21.6. The quantitative estimate of drug-likeness (QED) is 0.610. The smallest absolute Gasteiger partial charge is 0.408 e. The first-order valence-corrected chi connectivity index (χ1v) is 10.6. The van der Waals surface area contributed by atoms with E-state index in [0.29, 0.717) is 12.8 Å². The minimum absolute atomic E-state index is 0.0311. The van der Waals surface area contributed by atoms with Crippen molar-refractivity contribution in [1.82, 2.24) is 5.32 Å². The summed E-state index contributed by atoms with van der Waals surface area (Å²) in [6, 6.07) is 18.6. The molecule has 5 atom stereocenters. The Balaban J connectivity index is 1.52. The molecule has 2 aromatic carbocycles. The Morgan fingerprint density at radius 2 is 1.66 bits per heavy atom. The van der Waals surface area contributed by atoms with Crippen LogP contribution in [-0.2, 0) is 20.9 Å². The van der Waals surface area contributed by atoms with E-state index in [1.54, 1.807) is 24.3 Å². The monoisotopic (exact) mass is 435 g/mol. The van der Waals surface area contributed by atoms with Crippen LogP contribution in [0.25, 0.3) is 6.08 Å². The average molecular weight is 435 g/mol. The first-order chi connectivity index (χ1) is 15.4. The van der Waals surface area contributed by atoms with Crippen LogP contribution in [0, 0.1) is 23.7 Å². The first-order valence-electron chi connectivity index (χ1n) is 10.6. The molecule has 0 aliphatic heterocycles. The van der Waals surface area contributed by atoms with E-state index in [1.807, 2.05) is 48.6 Å². The number of carbonyl (C=O) groups excluding carboxylic acids is 1. The van der Waals surface area contributed by atoms with Crippen molar-refractivity contribution >= 4 is 24.1 Å². The zero-order chi connectivity index (χ0) is 22.7. The molecule has 0 spiro atoms. The van der Waals surface area contributed by atoms with Crippen LogP contribution in [0.2, 0.25) is 0 Å². The third kappa shape index (κ3) is 3.98. The van der Waals surface area contributed by atoms with Gasteiger partial charge in [0.15, 0.2) is 5.54 Å². The zero-order valence-corrected chi connectivity index (χ0v) is 17.4. The predicted molar refractivity (Wildman–Crippen MR) is 116 cm³/mol. The molecular formula is C25H25NO6. The van der Waals surface area contributed by atoms with Gasteiger partial charge in [0.05, 0.1) is 5.92 Å². The van der Waals surface area contributed by atoms with Crippen LogP contribution in [0.4, 0.5) is 4.79 Å². The lowest BCUT2D eigenvalue weighted by molar-refractivity contribution is -0.161. The van der Waals surface area contributed by atoms with Crippen LogP contribution in [0.1, 0.15) is 24.0 Å². The topological polar surface area (TPSA) is 113 Å². The van der Waals surface area contributed by atoms with Gasteiger partial charge in [-0.15, -0.1) is 0 Å². The fourth-order valence-electron chi connectivity index (χ4n) is 5.32. The number of aliphatic carboxylic acids is 2. The Morgan fingerprint density at radius 1 is 1.00 bits per heavy atom. The van der Waals surface area contributed by atoms with Gasteiger partial charge in [-0.05, 0) is 41.7 Å². The largest absolute Gasteiger partial charge is 0.481 e. The second-order valence-corrected chi connectivity index (χ2v) is 8.44. The lowest BCUT2D eigenvalue weighted by atomic mass is 9.68. The van der Waals surface area contributed by atoms with Crippen LogP contribution in [-0.4, -0.2) is 33.8 Å². The normalized spacial score (nSPS) is 28.5. The summed E-state index contributed by atoms with van der Waals surface area (Å²) in [6.45, 7) is -0.0311. The number of benzene rings is 2. The molecule has 4 rings (SSSR count). The van der Waals surface area contributed by atoms with E-state index >= 15 is 0 Å². The number of hydrogen-bond donors (Lipinski definition) is 3. The number of ether oxygens (including phenoxy) is 1. The predicted octanol–water partition coefficient (Wildman–Crippen LogP) is 3.81. The Morgan fingerprint density at radius 3 is 2.28 bits per heavy atom. The molecule has 2 aliphatic carbocycles. The fraction of sp³-hybridized carbons (Fsp3) is 0.320. The number of hydrogen-bond acceptors (Lipinski definition) is 4. The van der Waals surface area contributed by atoms with Crippen LogP contribution in [0.15, 0.2) is 66.7 Å². The molecule has 7 heteroatoms. The molecule has 2 aromatic rings. The highest BCUT2D eigenvalue weighted by Gasteiger charge is 2.68. The van der Waals surface area contributed by atoms with Crippen molar-refractivity contribution in [2.45, 2.75) is 25.0 Å². The summed E-state index contributed by atoms with van der Waals surface area (Å²) in [6.07, 6.45) is 3.89. The SMILES string of the molecule is O=C(N[C@@]1(C(=O)O)[C@@H]2C[C@H]([C@H]1C(=O)O)[C@@H](/C=C/c1ccccc1)C2)OCc1ccccc1. The summed E-state index contributed by atoms with van der Waals surface area (Å²) in [4.78, 5) is 37.1. The van der Waals surface area contributed by atoms with E-state index < -0.39 is 35.4 Å². The van der Waals surface area contributed by atoms with Crippen LogP contribution in [0.3, 0.4) is 0 Å². The lowest BCUT2D eigenvalue weighted by Crippen LogP contribution is -2.65. The number of alkyl carbamates (subject to hydrolysis) is 1. The molecule has 0 aromatic heterocycles. The van der Waals surface area contributed by atoms with Crippen molar-refractivity contribution < 1.29 is 29.3 Å². The van der Waals surface area contributed by atoms with Gasteiger partial charge in [-0.25, -0.2) is 9.59 Å². The molecule has 0 radical (unpaired) electrons. The molecule has 0 heterocycles. The van der Waals surface area contributed by atoms with Gasteiger partial charge in [-0.1, -0.05) is 72.8 Å². The number of allylic oxidation sites excluding steroid dienone is 1. The Hall–Kier alpha value is -3.61. The molecule has 0 unspecified atom stereocenters. The number of rotatable bonds is 7. The Bertz CT molecular complexity index is 1020. The van der Waals surface area contributed by atoms with Crippen molar-refractivity contribution in [1.29, 1.82) is 0 Å². The number of carbonyl (C=O) groups is 3. The van der Waals surface area contributed by atoms with Gasteiger partial charge >= 0.3 is 18.0 Å². The maximum atomic E-state index is 12.5. The number of carboxylic acid groups (broad SMARTS) is 2. The van der Waals surface area contributed by atoms with Crippen molar-refractivity contribution in [3.8, 4) is 0 Å². The van der Waals surface area contributed by atoms with E-state index in [-0.39, 0.29) is 18.4 Å². The number of nitrogens with one attached hydrogen (secondary N) is 1. The van der Waals surface area contributed by atoms with Crippen molar-refractivity contribution in [3.05, 3.63) is 77.9 Å². The van der Waals surface area contributed by atoms with Gasteiger partial charge in [0, 0.05) is 0 Å². The lowest BCUT2D eigenvalue weighted by Gasteiger charge is -2.40. The molecule has 166 valence electrons. The molecule has 1 amide bonds. The second-order valence-electron chi connectivity index (χ2n) is 8.44. The molecule has 2 fully saturated rings. The van der Waals surface area contributed by atoms with Crippen LogP contribution < -0.4 is 5.32 Å². The number of fused-ring (bicyclic) bond motifs is 2. The molecule has 2 aliphatic rings. The summed E-state index contributed by atoms with van der Waals surface area (Å²) < 4.78 is 5.21. The summed E-state index contributed by atoms with van der Waals surface area (Å²) in [5, 5.41) is 22.5. The molecular weight excluding hydrogens is 410 g/mol. The summed E-state index contributed by atoms with van der Waals surface area (Å²) in [7, 11) is 0. The number of amides is 1. The highest BCUT2D eigenvalue weighted by molar-refractivity contribution is 5.92. The molecule has 32 heavy (non-hydrogen) atoms. The van der Waals surface area contributed by atoms with Crippen molar-refractivity contribution in [3.63, 3.8) is 0 Å². The van der Waals surface area contributed by atoms with Gasteiger partial charge < -0.3 is 20.3 Å². The minimum atomic E-state index is -1.89. The molecule has 0 saturated heterocycles. The van der Waals surface area contributed by atoms with Crippen molar-refractivity contribution in [2.24, 2.45) is 23.7 Å². The molecule has 3 N–H and O–H groups in total. The Kier molecular flexibility index (Phi) is 5.99. The number of carboxylic acids is 2. The zero-order valence-electron chi connectivity index (χ0n) is 17.4. The van der Waals surface area contributed by atoms with Gasteiger partial charge in [0.25, 0.3) is 0 Å². The fourth-order valence-corrected chi connectivity index (χ4v) is 5.32. The van der Waals surface area contributed by atoms with Gasteiger partial charge in [-0.3, -0.25) is 4.79 Å². The average Bonchev–Trinajstić information content (AvgIpc) is 3.34.